The molecule has 0 bridgehead atoms. The van der Waals surface area contributed by atoms with Gasteiger partial charge >= 0.3 is 0 Å². The van der Waals surface area contributed by atoms with Crippen LogP contribution in [0.3, 0.4) is 0 Å². The van der Waals surface area contributed by atoms with E-state index in [-0.39, 0.29) is 6.04 Å². The van der Waals surface area contributed by atoms with Crippen molar-refractivity contribution in [1.29, 1.82) is 0 Å². The van der Waals surface area contributed by atoms with Crippen molar-refractivity contribution < 1.29 is 0 Å². The van der Waals surface area contributed by atoms with E-state index in [1.165, 1.54) is 10.5 Å². The Hall–Kier alpha value is -0.840. The number of rotatable bonds is 3. The lowest BCUT2D eigenvalue weighted by Crippen LogP contribution is -2.04. The third-order valence-electron chi connectivity index (χ3n) is 2.02. The number of nitrogens with zero attached hydrogens (tertiary/aromatic N) is 1. The van der Waals surface area contributed by atoms with Crippen LogP contribution in [-0.2, 0) is 0 Å². The van der Waals surface area contributed by atoms with Gasteiger partial charge in [0, 0.05) is 22.5 Å². The maximum absolute atomic E-state index is 5.78. The van der Waals surface area contributed by atoms with E-state index >= 15 is 0 Å². The molecule has 1 heterocycles. The Labute approximate surface area is 97.5 Å². The zero-order chi connectivity index (χ0) is 10.7. The van der Waals surface area contributed by atoms with E-state index in [1.807, 2.05) is 18.5 Å². The maximum atomic E-state index is 5.78. The highest BCUT2D eigenvalue weighted by Gasteiger charge is 2.01. The van der Waals surface area contributed by atoms with Crippen molar-refractivity contribution in [2.75, 3.05) is 0 Å². The first-order valence-electron chi connectivity index (χ1n) is 4.68. The molecule has 2 N–H and O–H groups in total. The lowest BCUT2D eigenvalue weighted by molar-refractivity contribution is 0.817. The summed E-state index contributed by atoms with van der Waals surface area (Å²) >= 11 is 3.34. The monoisotopic (exact) mass is 236 g/mol. The number of benzene rings is 1. The number of thiazole rings is 1. The molecule has 0 saturated carbocycles. The van der Waals surface area contributed by atoms with Gasteiger partial charge < -0.3 is 5.73 Å². The summed E-state index contributed by atoms with van der Waals surface area (Å²) in [7, 11) is 0. The smallest absolute Gasteiger partial charge is 0.154 e. The van der Waals surface area contributed by atoms with E-state index in [9.17, 15) is 0 Å². The molecule has 1 atom stereocenters. The van der Waals surface area contributed by atoms with Crippen molar-refractivity contribution in [3.63, 3.8) is 0 Å². The highest BCUT2D eigenvalue weighted by molar-refractivity contribution is 8.01. The lowest BCUT2D eigenvalue weighted by Gasteiger charge is -2.05. The zero-order valence-electron chi connectivity index (χ0n) is 8.38. The second-order valence-corrected chi connectivity index (χ2v) is 5.47. The molecule has 78 valence electrons. The fourth-order valence-corrected chi connectivity index (χ4v) is 2.80. The standard InChI is InChI=1S/C11H12N2S2/c1-8(12)9-2-4-10(5-3-9)15-11-13-6-7-14-11/h2-8H,12H2,1H3/t8-/m1/s1. The molecule has 15 heavy (non-hydrogen) atoms. The van der Waals surface area contributed by atoms with Crippen LogP contribution in [0.15, 0.2) is 45.1 Å². The average molecular weight is 236 g/mol. The molecular weight excluding hydrogens is 224 g/mol. The summed E-state index contributed by atoms with van der Waals surface area (Å²) in [4.78, 5) is 5.43. The molecule has 0 unspecified atom stereocenters. The van der Waals surface area contributed by atoms with Crippen LogP contribution in [0.5, 0.6) is 0 Å². The molecule has 0 saturated heterocycles. The summed E-state index contributed by atoms with van der Waals surface area (Å²) in [5, 5.41) is 1.98. The third-order valence-corrected chi connectivity index (χ3v) is 3.91. The van der Waals surface area contributed by atoms with Gasteiger partial charge in [-0.05, 0) is 24.6 Å². The van der Waals surface area contributed by atoms with Gasteiger partial charge in [-0.25, -0.2) is 4.98 Å². The Morgan fingerprint density at radius 1 is 1.33 bits per heavy atom. The zero-order valence-corrected chi connectivity index (χ0v) is 10.0. The van der Waals surface area contributed by atoms with Gasteiger partial charge in [-0.2, -0.15) is 0 Å². The molecule has 2 rings (SSSR count). The minimum atomic E-state index is 0.101. The third kappa shape index (κ3) is 2.81. The van der Waals surface area contributed by atoms with Crippen molar-refractivity contribution in [3.8, 4) is 0 Å². The van der Waals surface area contributed by atoms with Crippen molar-refractivity contribution in [3.05, 3.63) is 41.4 Å². The van der Waals surface area contributed by atoms with E-state index in [0.29, 0.717) is 0 Å². The van der Waals surface area contributed by atoms with Crippen LogP contribution in [0.4, 0.5) is 0 Å². The van der Waals surface area contributed by atoms with Crippen molar-refractivity contribution in [2.45, 2.75) is 22.2 Å². The van der Waals surface area contributed by atoms with Gasteiger partial charge in [0.15, 0.2) is 4.34 Å². The summed E-state index contributed by atoms with van der Waals surface area (Å²) in [6.07, 6.45) is 1.82. The van der Waals surface area contributed by atoms with Crippen LogP contribution < -0.4 is 5.73 Å². The van der Waals surface area contributed by atoms with Gasteiger partial charge in [0.25, 0.3) is 0 Å². The number of hydrogen-bond acceptors (Lipinski definition) is 4. The summed E-state index contributed by atoms with van der Waals surface area (Å²) in [5.74, 6) is 0. The highest BCUT2D eigenvalue weighted by atomic mass is 32.2. The number of aromatic nitrogens is 1. The molecular formula is C11H12N2S2. The molecule has 0 aliphatic rings. The maximum Gasteiger partial charge on any atom is 0.154 e. The van der Waals surface area contributed by atoms with Crippen molar-refractivity contribution in [2.24, 2.45) is 5.73 Å². The van der Waals surface area contributed by atoms with E-state index in [1.54, 1.807) is 23.1 Å². The Bertz CT molecular complexity index is 407. The van der Waals surface area contributed by atoms with E-state index in [2.05, 4.69) is 29.2 Å². The first-order valence-corrected chi connectivity index (χ1v) is 6.38. The predicted molar refractivity (Wildman–Crippen MR) is 65.3 cm³/mol. The molecule has 2 nitrogen and oxygen atoms in total. The number of nitrogens with two attached hydrogens (primary N) is 1. The first-order chi connectivity index (χ1) is 7.25. The average Bonchev–Trinajstić information content (AvgIpc) is 2.71. The number of hydrogen-bond donors (Lipinski definition) is 1. The fraction of sp³-hybridized carbons (Fsp3) is 0.182. The summed E-state index contributed by atoms with van der Waals surface area (Å²) in [6, 6.07) is 8.42. The summed E-state index contributed by atoms with van der Waals surface area (Å²) < 4.78 is 1.07. The Kier molecular flexibility index (Phi) is 3.41. The van der Waals surface area contributed by atoms with E-state index in [4.69, 9.17) is 5.73 Å². The second kappa shape index (κ2) is 4.79. The lowest BCUT2D eigenvalue weighted by atomic mass is 10.1. The van der Waals surface area contributed by atoms with Gasteiger partial charge in [0.2, 0.25) is 0 Å². The van der Waals surface area contributed by atoms with Gasteiger partial charge in [-0.3, -0.25) is 0 Å². The molecule has 1 aromatic heterocycles. The minimum Gasteiger partial charge on any atom is -0.324 e. The van der Waals surface area contributed by atoms with Crippen LogP contribution >= 0.6 is 23.1 Å². The van der Waals surface area contributed by atoms with Crippen molar-refractivity contribution in [1.82, 2.24) is 4.98 Å². The predicted octanol–water partition coefficient (Wildman–Crippen LogP) is 3.31. The van der Waals surface area contributed by atoms with Gasteiger partial charge in [0.05, 0.1) is 0 Å². The van der Waals surface area contributed by atoms with Crippen LogP contribution in [0, 0.1) is 0 Å². The van der Waals surface area contributed by atoms with E-state index in [0.717, 1.165) is 4.34 Å². The molecule has 0 amide bonds. The van der Waals surface area contributed by atoms with Crippen LogP contribution in [0.2, 0.25) is 0 Å². The highest BCUT2D eigenvalue weighted by Crippen LogP contribution is 2.29. The van der Waals surface area contributed by atoms with E-state index < -0.39 is 0 Å². The molecule has 2 aromatic rings. The van der Waals surface area contributed by atoms with Gasteiger partial charge in [-0.15, -0.1) is 11.3 Å². The van der Waals surface area contributed by atoms with Crippen LogP contribution in [0.1, 0.15) is 18.5 Å². The second-order valence-electron chi connectivity index (χ2n) is 3.26. The topological polar surface area (TPSA) is 38.9 Å². The first kappa shape index (κ1) is 10.7. The quantitative estimate of drug-likeness (QED) is 0.888. The van der Waals surface area contributed by atoms with Gasteiger partial charge in [-0.1, -0.05) is 23.9 Å². The molecule has 0 aliphatic heterocycles. The Balaban J connectivity index is 2.11. The molecule has 0 fully saturated rings. The van der Waals surface area contributed by atoms with Crippen molar-refractivity contribution >= 4 is 23.1 Å². The Morgan fingerprint density at radius 3 is 2.60 bits per heavy atom. The fourth-order valence-electron chi connectivity index (χ4n) is 1.20. The van der Waals surface area contributed by atoms with Crippen LogP contribution in [-0.4, -0.2) is 4.98 Å². The molecule has 0 spiro atoms. The largest absolute Gasteiger partial charge is 0.324 e. The summed E-state index contributed by atoms with van der Waals surface area (Å²) in [5.41, 5.74) is 6.95. The normalized spacial score (nSPS) is 12.7. The SMILES string of the molecule is C[C@@H](N)c1ccc(Sc2nccs2)cc1. The molecule has 4 heteroatoms. The van der Waals surface area contributed by atoms with Crippen LogP contribution in [0.25, 0.3) is 0 Å². The minimum absolute atomic E-state index is 0.101. The Morgan fingerprint density at radius 2 is 2.07 bits per heavy atom. The summed E-state index contributed by atoms with van der Waals surface area (Å²) in [6.45, 7) is 1.99. The molecule has 0 aliphatic carbocycles. The molecule has 0 radical (unpaired) electrons. The molecule has 1 aromatic carbocycles. The van der Waals surface area contributed by atoms with Gasteiger partial charge in [0.1, 0.15) is 0 Å².